The zero-order chi connectivity index (χ0) is 13.4. The van der Waals surface area contributed by atoms with Crippen LogP contribution in [0.4, 0.5) is 5.69 Å². The van der Waals surface area contributed by atoms with Gasteiger partial charge in [0, 0.05) is 28.8 Å². The van der Waals surface area contributed by atoms with Crippen LogP contribution < -0.4 is 5.32 Å². The highest BCUT2D eigenvalue weighted by Gasteiger charge is 2.37. The Labute approximate surface area is 120 Å². The van der Waals surface area contributed by atoms with E-state index >= 15 is 0 Å². The van der Waals surface area contributed by atoms with Gasteiger partial charge in [0.1, 0.15) is 0 Å². The molecule has 102 valence electrons. The highest BCUT2D eigenvalue weighted by molar-refractivity contribution is 9.10. The first-order valence-electron chi connectivity index (χ1n) is 6.68. The van der Waals surface area contributed by atoms with Gasteiger partial charge in [0.2, 0.25) is 0 Å². The Bertz CT molecular complexity index is 506. The normalized spacial score (nSPS) is 26.4. The summed E-state index contributed by atoms with van der Waals surface area (Å²) in [6.07, 6.45) is 3.72. The topological polar surface area (TPSA) is 52.6 Å². The molecule has 3 rings (SSSR count). The number of aromatic carboxylic acids is 1. The number of carboxylic acids is 1. The maximum atomic E-state index is 10.9. The van der Waals surface area contributed by atoms with Crippen molar-refractivity contribution in [2.24, 2.45) is 0 Å². The largest absolute Gasteiger partial charge is 0.478 e. The summed E-state index contributed by atoms with van der Waals surface area (Å²) in [6.45, 7) is 2.40. The number of carbonyl (C=O) groups is 1. The lowest BCUT2D eigenvalue weighted by atomic mass is 10.1. The number of rotatable bonds is 3. The van der Waals surface area contributed by atoms with Gasteiger partial charge >= 0.3 is 5.97 Å². The quantitative estimate of drug-likeness (QED) is 0.897. The van der Waals surface area contributed by atoms with Crippen molar-refractivity contribution in [2.45, 2.75) is 31.3 Å². The van der Waals surface area contributed by atoms with E-state index in [-0.39, 0.29) is 0 Å². The fraction of sp³-hybridized carbons (Fsp3) is 0.500. The van der Waals surface area contributed by atoms with E-state index in [9.17, 15) is 4.79 Å². The monoisotopic (exact) mass is 324 g/mol. The molecule has 5 heteroatoms. The van der Waals surface area contributed by atoms with Crippen LogP contribution in [0.15, 0.2) is 22.7 Å². The predicted molar refractivity (Wildman–Crippen MR) is 77.7 cm³/mol. The first-order valence-corrected chi connectivity index (χ1v) is 7.48. The molecule has 2 N–H and O–H groups in total. The van der Waals surface area contributed by atoms with Crippen molar-refractivity contribution >= 4 is 27.6 Å². The second-order valence-corrected chi connectivity index (χ2v) is 6.14. The Balaban J connectivity index is 1.75. The van der Waals surface area contributed by atoms with Crippen molar-refractivity contribution in [3.8, 4) is 0 Å². The van der Waals surface area contributed by atoms with Crippen molar-refractivity contribution in [1.29, 1.82) is 0 Å². The van der Waals surface area contributed by atoms with Gasteiger partial charge in [0.25, 0.3) is 0 Å². The van der Waals surface area contributed by atoms with Crippen LogP contribution in [0.25, 0.3) is 0 Å². The molecule has 0 spiro atoms. The Morgan fingerprint density at radius 2 is 2.21 bits per heavy atom. The number of halogens is 1. The zero-order valence-electron chi connectivity index (χ0n) is 10.6. The summed E-state index contributed by atoms with van der Waals surface area (Å²) in [5.74, 6) is -0.893. The van der Waals surface area contributed by atoms with E-state index in [1.165, 1.54) is 25.9 Å². The summed E-state index contributed by atoms with van der Waals surface area (Å²) in [5.41, 5.74) is 1.30. The van der Waals surface area contributed by atoms with Crippen LogP contribution in [0, 0.1) is 0 Å². The minimum absolute atomic E-state index is 0.311. The first-order chi connectivity index (χ1) is 9.15. The summed E-state index contributed by atoms with van der Waals surface area (Å²) in [7, 11) is 0. The molecule has 2 atom stereocenters. The number of carboxylic acid groups (broad SMARTS) is 1. The highest BCUT2D eigenvalue weighted by atomic mass is 79.9. The van der Waals surface area contributed by atoms with Gasteiger partial charge in [0.15, 0.2) is 0 Å². The second kappa shape index (κ2) is 5.13. The predicted octanol–water partition coefficient (Wildman–Crippen LogP) is 2.80. The van der Waals surface area contributed by atoms with Crippen molar-refractivity contribution in [2.75, 3.05) is 18.4 Å². The SMILES string of the molecule is O=C(O)c1ccc(NC2CCN3CCCC23)c(Br)c1. The van der Waals surface area contributed by atoms with Crippen LogP contribution in [-0.4, -0.2) is 41.1 Å². The molecule has 0 amide bonds. The van der Waals surface area contributed by atoms with Gasteiger partial charge in [-0.2, -0.15) is 0 Å². The minimum Gasteiger partial charge on any atom is -0.478 e. The van der Waals surface area contributed by atoms with Crippen LogP contribution >= 0.6 is 15.9 Å². The van der Waals surface area contributed by atoms with E-state index in [2.05, 4.69) is 26.1 Å². The van der Waals surface area contributed by atoms with E-state index in [1.54, 1.807) is 12.1 Å². The van der Waals surface area contributed by atoms with Crippen LogP contribution in [0.2, 0.25) is 0 Å². The first kappa shape index (κ1) is 12.9. The molecule has 4 nitrogen and oxygen atoms in total. The number of nitrogens with one attached hydrogen (secondary N) is 1. The molecule has 1 aromatic rings. The summed E-state index contributed by atoms with van der Waals surface area (Å²) in [6, 6.07) is 6.29. The highest BCUT2D eigenvalue weighted by Crippen LogP contribution is 2.32. The third-order valence-corrected chi connectivity index (χ3v) is 4.82. The lowest BCUT2D eigenvalue weighted by Gasteiger charge is -2.23. The van der Waals surface area contributed by atoms with Gasteiger partial charge in [-0.3, -0.25) is 4.90 Å². The van der Waals surface area contributed by atoms with E-state index in [1.807, 2.05) is 6.07 Å². The number of benzene rings is 1. The number of fused-ring (bicyclic) bond motifs is 1. The van der Waals surface area contributed by atoms with Gasteiger partial charge in [-0.25, -0.2) is 4.79 Å². The van der Waals surface area contributed by atoms with Gasteiger partial charge in [-0.05, 0) is 59.9 Å². The number of hydrogen-bond donors (Lipinski definition) is 2. The third kappa shape index (κ3) is 2.49. The van der Waals surface area contributed by atoms with Crippen molar-refractivity contribution in [1.82, 2.24) is 4.90 Å². The van der Waals surface area contributed by atoms with Gasteiger partial charge in [-0.15, -0.1) is 0 Å². The molecule has 0 aliphatic carbocycles. The lowest BCUT2D eigenvalue weighted by Crippen LogP contribution is -2.33. The van der Waals surface area contributed by atoms with Crippen LogP contribution in [0.1, 0.15) is 29.6 Å². The van der Waals surface area contributed by atoms with Crippen molar-refractivity contribution < 1.29 is 9.90 Å². The van der Waals surface area contributed by atoms with Crippen molar-refractivity contribution in [3.05, 3.63) is 28.2 Å². The maximum absolute atomic E-state index is 10.9. The smallest absolute Gasteiger partial charge is 0.335 e. The van der Waals surface area contributed by atoms with Crippen molar-refractivity contribution in [3.63, 3.8) is 0 Å². The summed E-state index contributed by atoms with van der Waals surface area (Å²) in [5, 5.41) is 12.5. The Hall–Kier alpha value is -1.07. The third-order valence-electron chi connectivity index (χ3n) is 4.16. The second-order valence-electron chi connectivity index (χ2n) is 5.28. The van der Waals surface area contributed by atoms with Gasteiger partial charge in [-0.1, -0.05) is 0 Å². The fourth-order valence-electron chi connectivity index (χ4n) is 3.22. The summed E-state index contributed by atoms with van der Waals surface area (Å²) in [4.78, 5) is 13.5. The Kier molecular flexibility index (Phi) is 3.50. The molecule has 2 fully saturated rings. The summed E-state index contributed by atoms with van der Waals surface area (Å²) >= 11 is 3.46. The zero-order valence-corrected chi connectivity index (χ0v) is 12.2. The van der Waals surface area contributed by atoms with Gasteiger partial charge < -0.3 is 10.4 Å². The van der Waals surface area contributed by atoms with Crippen LogP contribution in [0.3, 0.4) is 0 Å². The number of hydrogen-bond acceptors (Lipinski definition) is 3. The lowest BCUT2D eigenvalue weighted by molar-refractivity contribution is 0.0697. The van der Waals surface area contributed by atoms with Crippen LogP contribution in [-0.2, 0) is 0 Å². The molecule has 0 bridgehead atoms. The molecule has 0 saturated carbocycles. The standard InChI is InChI=1S/C14H17BrN2O2/c15-10-8-9(14(18)19)3-4-11(10)16-12-5-7-17-6-1-2-13(12)17/h3-4,8,12-13,16H,1-2,5-7H2,(H,18,19). The van der Waals surface area contributed by atoms with E-state index in [4.69, 9.17) is 5.11 Å². The fourth-order valence-corrected chi connectivity index (χ4v) is 3.71. The Morgan fingerprint density at radius 3 is 2.95 bits per heavy atom. The molecule has 2 unspecified atom stereocenters. The molecule has 0 aromatic heterocycles. The van der Waals surface area contributed by atoms with E-state index in [0.29, 0.717) is 17.6 Å². The molecule has 2 aliphatic rings. The number of nitrogens with zero attached hydrogens (tertiary/aromatic N) is 1. The molecular formula is C14H17BrN2O2. The summed E-state index contributed by atoms with van der Waals surface area (Å²) < 4.78 is 0.823. The molecule has 0 radical (unpaired) electrons. The molecular weight excluding hydrogens is 308 g/mol. The maximum Gasteiger partial charge on any atom is 0.335 e. The average Bonchev–Trinajstić information content (AvgIpc) is 2.96. The van der Waals surface area contributed by atoms with Crippen LogP contribution in [0.5, 0.6) is 0 Å². The van der Waals surface area contributed by atoms with Gasteiger partial charge in [0.05, 0.1) is 5.56 Å². The molecule has 1 aromatic carbocycles. The number of anilines is 1. The van der Waals surface area contributed by atoms with E-state index < -0.39 is 5.97 Å². The molecule has 2 heterocycles. The average molecular weight is 325 g/mol. The molecule has 2 aliphatic heterocycles. The molecule has 19 heavy (non-hydrogen) atoms. The molecule has 2 saturated heterocycles. The minimum atomic E-state index is -0.893. The van der Waals surface area contributed by atoms with E-state index in [0.717, 1.165) is 16.6 Å². The Morgan fingerprint density at radius 1 is 1.37 bits per heavy atom.